The zero-order chi connectivity index (χ0) is 25.5. The average molecular weight is 487 g/mol. The molecular formula is C23H26N4O6S. The zero-order valence-corrected chi connectivity index (χ0v) is 20.1. The van der Waals surface area contributed by atoms with Crippen LogP contribution in [0.25, 0.3) is 10.6 Å². The molecule has 0 unspecified atom stereocenters. The number of esters is 1. The Labute approximate surface area is 201 Å². The van der Waals surface area contributed by atoms with Crippen LogP contribution in [0, 0.1) is 0 Å². The molecule has 10 nitrogen and oxygen atoms in total. The summed E-state index contributed by atoms with van der Waals surface area (Å²) in [6, 6.07) is 7.29. The van der Waals surface area contributed by atoms with Crippen LogP contribution in [-0.2, 0) is 25.6 Å². The molecule has 2 rings (SSSR count). The van der Waals surface area contributed by atoms with Crippen molar-refractivity contribution in [2.24, 2.45) is 0 Å². The van der Waals surface area contributed by atoms with Gasteiger partial charge in [-0.1, -0.05) is 37.4 Å². The second kappa shape index (κ2) is 11.2. The molecule has 0 saturated heterocycles. The van der Waals surface area contributed by atoms with E-state index in [0.29, 0.717) is 11.6 Å². The van der Waals surface area contributed by atoms with Crippen molar-refractivity contribution in [3.63, 3.8) is 0 Å². The number of benzene rings is 1. The maximum Gasteiger partial charge on any atom is 0.407 e. The van der Waals surface area contributed by atoms with E-state index >= 15 is 0 Å². The van der Waals surface area contributed by atoms with E-state index in [1.165, 1.54) is 11.3 Å². The number of rotatable bonds is 8. The smallest absolute Gasteiger partial charge is 0.407 e. The number of methoxy groups -OCH3 is 1. The first-order valence-corrected chi connectivity index (χ1v) is 10.9. The summed E-state index contributed by atoms with van der Waals surface area (Å²) in [4.78, 5) is 51.8. The predicted octanol–water partition coefficient (Wildman–Crippen LogP) is 2.88. The fourth-order valence-electron chi connectivity index (χ4n) is 2.41. The number of hydrogen-bond donors (Lipinski definition) is 3. The van der Waals surface area contributed by atoms with Gasteiger partial charge in [-0.05, 0) is 26.3 Å². The van der Waals surface area contributed by atoms with E-state index < -0.39 is 29.5 Å². The van der Waals surface area contributed by atoms with E-state index in [1.54, 1.807) is 26.2 Å². The fourth-order valence-corrected chi connectivity index (χ4v) is 3.21. The second-order valence-electron chi connectivity index (χ2n) is 7.95. The highest BCUT2D eigenvalue weighted by molar-refractivity contribution is 7.13. The third kappa shape index (κ3) is 7.85. The van der Waals surface area contributed by atoms with E-state index in [9.17, 15) is 19.2 Å². The van der Waals surface area contributed by atoms with Crippen molar-refractivity contribution >= 4 is 35.2 Å². The van der Waals surface area contributed by atoms with E-state index in [0.717, 1.165) is 18.2 Å². The summed E-state index contributed by atoms with van der Waals surface area (Å²) in [6.45, 7) is 12.5. The van der Waals surface area contributed by atoms with Crippen LogP contribution in [-0.4, -0.2) is 41.6 Å². The van der Waals surface area contributed by atoms with Gasteiger partial charge in [0.25, 0.3) is 11.8 Å². The maximum absolute atomic E-state index is 12.4. The zero-order valence-electron chi connectivity index (χ0n) is 19.3. The summed E-state index contributed by atoms with van der Waals surface area (Å²) in [6.07, 6.45) is -0.503. The first-order valence-electron chi connectivity index (χ1n) is 10.00. The van der Waals surface area contributed by atoms with Gasteiger partial charge >= 0.3 is 12.1 Å². The first-order chi connectivity index (χ1) is 15.9. The van der Waals surface area contributed by atoms with Crippen LogP contribution >= 0.6 is 11.3 Å². The van der Waals surface area contributed by atoms with E-state index in [2.05, 4.69) is 38.8 Å². The molecule has 0 spiro atoms. The van der Waals surface area contributed by atoms with Gasteiger partial charge in [0.1, 0.15) is 22.0 Å². The van der Waals surface area contributed by atoms with Gasteiger partial charge in [0.05, 0.1) is 12.8 Å². The highest BCUT2D eigenvalue weighted by atomic mass is 32.1. The summed E-state index contributed by atoms with van der Waals surface area (Å²) in [7, 11) is 1.14. The monoisotopic (exact) mass is 486 g/mol. The van der Waals surface area contributed by atoms with Crippen molar-refractivity contribution < 1.29 is 28.7 Å². The quantitative estimate of drug-likeness (QED) is 0.386. The lowest BCUT2D eigenvalue weighted by molar-refractivity contribution is -0.137. The number of amides is 3. The number of ether oxygens (including phenoxy) is 2. The minimum absolute atomic E-state index is 0.0939. The summed E-state index contributed by atoms with van der Waals surface area (Å²) in [5.41, 5.74) is 0.582. The van der Waals surface area contributed by atoms with Gasteiger partial charge in [-0.2, -0.15) is 0 Å². The SMILES string of the molecule is C=C(NC(=O)c1csc(-c2ccc(CNC(=O)OC(C)(C)C)cc2)n1)C(=O)NC(=C)C(=O)OC. The molecule has 0 aliphatic carbocycles. The summed E-state index contributed by atoms with van der Waals surface area (Å²) >= 11 is 1.25. The first kappa shape index (κ1) is 26.3. The molecule has 0 radical (unpaired) electrons. The molecule has 1 aromatic carbocycles. The van der Waals surface area contributed by atoms with Crippen molar-refractivity contribution in [3.05, 3.63) is 65.5 Å². The standard InChI is InChI=1S/C23H26N4O6S/c1-13(18(28)26-14(2)21(30)32-6)25-19(29)17-12-34-20(27-17)16-9-7-15(8-10-16)11-24-22(31)33-23(3,4)5/h7-10,12H,1-2,11H2,3-6H3,(H,24,31)(H,25,29)(H,26,28). The van der Waals surface area contributed by atoms with Crippen LogP contribution in [0.4, 0.5) is 4.79 Å². The molecular weight excluding hydrogens is 460 g/mol. The van der Waals surface area contributed by atoms with Crippen LogP contribution in [0.5, 0.6) is 0 Å². The maximum atomic E-state index is 12.4. The molecule has 0 fully saturated rings. The van der Waals surface area contributed by atoms with Crippen molar-refractivity contribution in [2.75, 3.05) is 7.11 Å². The normalized spacial score (nSPS) is 10.6. The molecule has 0 aliphatic rings. The lowest BCUT2D eigenvalue weighted by Gasteiger charge is -2.19. The van der Waals surface area contributed by atoms with Gasteiger partial charge in [-0.3, -0.25) is 9.59 Å². The summed E-state index contributed by atoms with van der Waals surface area (Å²) in [5, 5.41) is 9.32. The molecule has 3 amide bonds. The molecule has 11 heteroatoms. The Morgan fingerprint density at radius 3 is 2.26 bits per heavy atom. The third-order valence-electron chi connectivity index (χ3n) is 4.01. The lowest BCUT2D eigenvalue weighted by Crippen LogP contribution is -2.35. The Balaban J connectivity index is 1.94. The van der Waals surface area contributed by atoms with E-state index in [4.69, 9.17) is 4.74 Å². The molecule has 3 N–H and O–H groups in total. The van der Waals surface area contributed by atoms with Gasteiger partial charge in [0.15, 0.2) is 0 Å². The molecule has 0 saturated carbocycles. The number of carbonyl (C=O) groups excluding carboxylic acids is 4. The van der Waals surface area contributed by atoms with Gasteiger partial charge in [-0.25, -0.2) is 14.6 Å². The summed E-state index contributed by atoms with van der Waals surface area (Å²) in [5.74, 6) is -2.26. The van der Waals surface area contributed by atoms with E-state index in [1.807, 2.05) is 24.3 Å². The Hall–Kier alpha value is -3.99. The number of hydrogen-bond acceptors (Lipinski definition) is 8. The van der Waals surface area contributed by atoms with Crippen molar-refractivity contribution in [3.8, 4) is 10.6 Å². The molecule has 1 heterocycles. The van der Waals surface area contributed by atoms with Gasteiger partial charge < -0.3 is 25.4 Å². The van der Waals surface area contributed by atoms with Crippen LogP contribution in [0.2, 0.25) is 0 Å². The Morgan fingerprint density at radius 2 is 1.68 bits per heavy atom. The molecule has 34 heavy (non-hydrogen) atoms. The number of carbonyl (C=O) groups is 4. The number of aromatic nitrogens is 1. The molecule has 0 bridgehead atoms. The number of thiazole rings is 1. The Kier molecular flexibility index (Phi) is 8.68. The van der Waals surface area contributed by atoms with Crippen LogP contribution in [0.3, 0.4) is 0 Å². The van der Waals surface area contributed by atoms with Gasteiger partial charge in [-0.15, -0.1) is 11.3 Å². The van der Waals surface area contributed by atoms with Crippen molar-refractivity contribution in [1.82, 2.24) is 20.9 Å². The Bertz CT molecular complexity index is 1120. The highest BCUT2D eigenvalue weighted by Crippen LogP contribution is 2.24. The van der Waals surface area contributed by atoms with Gasteiger partial charge in [0, 0.05) is 17.5 Å². The molecule has 0 atom stereocenters. The minimum atomic E-state index is -0.816. The number of nitrogens with zero attached hydrogens (tertiary/aromatic N) is 1. The Morgan fingerprint density at radius 1 is 1.03 bits per heavy atom. The molecule has 1 aromatic heterocycles. The van der Waals surface area contributed by atoms with Crippen LogP contribution < -0.4 is 16.0 Å². The van der Waals surface area contributed by atoms with Crippen molar-refractivity contribution in [2.45, 2.75) is 32.9 Å². The fraction of sp³-hybridized carbons (Fsp3) is 0.261. The molecule has 2 aromatic rings. The lowest BCUT2D eigenvalue weighted by atomic mass is 10.1. The number of alkyl carbamates (subject to hydrolysis) is 1. The molecule has 0 aliphatic heterocycles. The average Bonchev–Trinajstić information content (AvgIpc) is 3.26. The second-order valence-corrected chi connectivity index (χ2v) is 8.81. The largest absolute Gasteiger partial charge is 0.464 e. The third-order valence-corrected chi connectivity index (χ3v) is 4.90. The minimum Gasteiger partial charge on any atom is -0.464 e. The topological polar surface area (TPSA) is 136 Å². The van der Waals surface area contributed by atoms with Crippen LogP contribution in [0.1, 0.15) is 36.8 Å². The number of nitrogens with one attached hydrogen (secondary N) is 3. The van der Waals surface area contributed by atoms with Crippen LogP contribution in [0.15, 0.2) is 54.2 Å². The van der Waals surface area contributed by atoms with Crippen molar-refractivity contribution in [1.29, 1.82) is 0 Å². The van der Waals surface area contributed by atoms with E-state index in [-0.39, 0.29) is 17.1 Å². The molecule has 180 valence electrons. The van der Waals surface area contributed by atoms with Gasteiger partial charge in [0.2, 0.25) is 0 Å². The predicted molar refractivity (Wildman–Crippen MR) is 127 cm³/mol. The highest BCUT2D eigenvalue weighted by Gasteiger charge is 2.18. The summed E-state index contributed by atoms with van der Waals surface area (Å²) < 4.78 is 9.64.